The highest BCUT2D eigenvalue weighted by Crippen LogP contribution is 2.18. The second-order valence-corrected chi connectivity index (χ2v) is 4.21. The molecule has 0 bridgehead atoms. The summed E-state index contributed by atoms with van der Waals surface area (Å²) in [6.07, 6.45) is 5.37. The fourth-order valence-corrected chi connectivity index (χ4v) is 1.94. The normalized spacial score (nSPS) is 10.7. The van der Waals surface area contributed by atoms with Crippen molar-refractivity contribution in [2.24, 2.45) is 0 Å². The molecular weight excluding hydrogens is 242 g/mol. The van der Waals surface area contributed by atoms with Crippen LogP contribution in [0.5, 0.6) is 5.75 Å². The SMILES string of the molecule is O=c1ccoc2cc(OCCn3cccc3)ccc12. The predicted octanol–water partition coefficient (Wildman–Crippen LogP) is 2.67. The first kappa shape index (κ1) is 11.6. The third-order valence-electron chi connectivity index (χ3n) is 2.92. The minimum absolute atomic E-state index is 0.0415. The van der Waals surface area contributed by atoms with E-state index in [1.165, 1.54) is 12.3 Å². The largest absolute Gasteiger partial charge is 0.492 e. The van der Waals surface area contributed by atoms with Gasteiger partial charge in [0.05, 0.1) is 18.2 Å². The number of benzene rings is 1. The molecule has 96 valence electrons. The second kappa shape index (κ2) is 5.02. The molecule has 0 saturated carbocycles. The molecule has 0 unspecified atom stereocenters. The molecule has 0 saturated heterocycles. The van der Waals surface area contributed by atoms with Gasteiger partial charge in [-0.3, -0.25) is 4.79 Å². The van der Waals surface area contributed by atoms with Crippen molar-refractivity contribution in [3.63, 3.8) is 0 Å². The molecular formula is C15H13NO3. The van der Waals surface area contributed by atoms with E-state index in [0.29, 0.717) is 23.3 Å². The number of rotatable bonds is 4. The van der Waals surface area contributed by atoms with Crippen LogP contribution in [0.15, 0.2) is 64.3 Å². The van der Waals surface area contributed by atoms with Gasteiger partial charge in [0.15, 0.2) is 5.43 Å². The summed E-state index contributed by atoms with van der Waals surface area (Å²) in [5.74, 6) is 0.703. The van der Waals surface area contributed by atoms with Crippen molar-refractivity contribution in [1.82, 2.24) is 4.57 Å². The minimum Gasteiger partial charge on any atom is -0.492 e. The molecule has 3 rings (SSSR count). The molecule has 3 aromatic rings. The lowest BCUT2D eigenvalue weighted by Gasteiger charge is -2.07. The molecule has 2 aromatic heterocycles. The van der Waals surface area contributed by atoms with E-state index in [-0.39, 0.29) is 5.43 Å². The Kier molecular flexibility index (Phi) is 3.06. The van der Waals surface area contributed by atoms with E-state index in [1.807, 2.05) is 29.1 Å². The molecule has 0 aliphatic rings. The molecule has 2 heterocycles. The van der Waals surface area contributed by atoms with Gasteiger partial charge in [-0.05, 0) is 24.3 Å². The van der Waals surface area contributed by atoms with Crippen LogP contribution in [-0.2, 0) is 6.54 Å². The number of aromatic nitrogens is 1. The van der Waals surface area contributed by atoms with Crippen molar-refractivity contribution < 1.29 is 9.15 Å². The minimum atomic E-state index is -0.0415. The lowest BCUT2D eigenvalue weighted by molar-refractivity contribution is 0.298. The van der Waals surface area contributed by atoms with Gasteiger partial charge >= 0.3 is 0 Å². The van der Waals surface area contributed by atoms with Gasteiger partial charge in [-0.15, -0.1) is 0 Å². The van der Waals surface area contributed by atoms with Gasteiger partial charge in [-0.1, -0.05) is 0 Å². The molecule has 0 aliphatic carbocycles. The van der Waals surface area contributed by atoms with Crippen molar-refractivity contribution >= 4 is 11.0 Å². The van der Waals surface area contributed by atoms with Crippen LogP contribution in [-0.4, -0.2) is 11.2 Å². The van der Waals surface area contributed by atoms with E-state index in [4.69, 9.17) is 9.15 Å². The molecule has 0 N–H and O–H groups in total. The smallest absolute Gasteiger partial charge is 0.192 e. The van der Waals surface area contributed by atoms with E-state index in [9.17, 15) is 4.79 Å². The number of hydrogen-bond acceptors (Lipinski definition) is 3. The molecule has 0 amide bonds. The lowest BCUT2D eigenvalue weighted by atomic mass is 10.2. The first-order chi connectivity index (χ1) is 9.33. The van der Waals surface area contributed by atoms with Crippen LogP contribution in [0.2, 0.25) is 0 Å². The summed E-state index contributed by atoms with van der Waals surface area (Å²) < 4.78 is 13.0. The maximum absolute atomic E-state index is 11.6. The average molecular weight is 255 g/mol. The van der Waals surface area contributed by atoms with Crippen molar-refractivity contribution in [2.75, 3.05) is 6.61 Å². The van der Waals surface area contributed by atoms with Gasteiger partial charge < -0.3 is 13.7 Å². The van der Waals surface area contributed by atoms with E-state index in [1.54, 1.807) is 18.2 Å². The van der Waals surface area contributed by atoms with Gasteiger partial charge in [-0.25, -0.2) is 0 Å². The Hall–Kier alpha value is -2.49. The third-order valence-corrected chi connectivity index (χ3v) is 2.92. The van der Waals surface area contributed by atoms with Crippen LogP contribution in [0.1, 0.15) is 0 Å². The number of nitrogens with zero attached hydrogens (tertiary/aromatic N) is 1. The average Bonchev–Trinajstić information content (AvgIpc) is 2.92. The highest BCUT2D eigenvalue weighted by atomic mass is 16.5. The van der Waals surface area contributed by atoms with Crippen LogP contribution in [0, 0.1) is 0 Å². The Morgan fingerprint density at radius 3 is 2.84 bits per heavy atom. The zero-order valence-corrected chi connectivity index (χ0v) is 10.3. The maximum atomic E-state index is 11.6. The Labute approximate surface area is 109 Å². The molecule has 0 atom stereocenters. The van der Waals surface area contributed by atoms with Gasteiger partial charge in [0.1, 0.15) is 17.9 Å². The molecule has 4 heteroatoms. The molecule has 0 spiro atoms. The zero-order chi connectivity index (χ0) is 13.1. The Morgan fingerprint density at radius 1 is 1.16 bits per heavy atom. The van der Waals surface area contributed by atoms with Crippen molar-refractivity contribution in [2.45, 2.75) is 6.54 Å². The summed E-state index contributed by atoms with van der Waals surface area (Å²) in [7, 11) is 0. The van der Waals surface area contributed by atoms with E-state index in [2.05, 4.69) is 0 Å². The fraction of sp³-hybridized carbons (Fsp3) is 0.133. The van der Waals surface area contributed by atoms with Crippen LogP contribution < -0.4 is 10.2 Å². The van der Waals surface area contributed by atoms with E-state index >= 15 is 0 Å². The topological polar surface area (TPSA) is 44.4 Å². The first-order valence-corrected chi connectivity index (χ1v) is 6.08. The summed E-state index contributed by atoms with van der Waals surface area (Å²) in [4.78, 5) is 11.6. The number of ether oxygens (including phenoxy) is 1. The summed E-state index contributed by atoms with van der Waals surface area (Å²) in [5.41, 5.74) is 0.506. The van der Waals surface area contributed by atoms with E-state index < -0.39 is 0 Å². The summed E-state index contributed by atoms with van der Waals surface area (Å²) in [5, 5.41) is 0.570. The monoisotopic (exact) mass is 255 g/mol. The molecule has 19 heavy (non-hydrogen) atoms. The molecule has 1 aromatic carbocycles. The molecule has 0 fully saturated rings. The van der Waals surface area contributed by atoms with Crippen molar-refractivity contribution in [3.05, 3.63) is 65.3 Å². The molecule has 0 aliphatic heterocycles. The summed E-state index contributed by atoms with van der Waals surface area (Å²) in [6.45, 7) is 1.35. The van der Waals surface area contributed by atoms with Gasteiger partial charge in [0, 0.05) is 24.5 Å². The highest BCUT2D eigenvalue weighted by Gasteiger charge is 2.02. The second-order valence-electron chi connectivity index (χ2n) is 4.21. The fourth-order valence-electron chi connectivity index (χ4n) is 1.94. The third kappa shape index (κ3) is 2.52. The van der Waals surface area contributed by atoms with Crippen LogP contribution in [0.4, 0.5) is 0 Å². The van der Waals surface area contributed by atoms with Crippen molar-refractivity contribution in [3.8, 4) is 5.75 Å². The van der Waals surface area contributed by atoms with Crippen LogP contribution >= 0.6 is 0 Å². The lowest BCUT2D eigenvalue weighted by Crippen LogP contribution is -2.06. The van der Waals surface area contributed by atoms with Gasteiger partial charge in [0.25, 0.3) is 0 Å². The van der Waals surface area contributed by atoms with Crippen LogP contribution in [0.3, 0.4) is 0 Å². The highest BCUT2D eigenvalue weighted by molar-refractivity contribution is 5.77. The van der Waals surface area contributed by atoms with Gasteiger partial charge in [-0.2, -0.15) is 0 Å². The number of fused-ring (bicyclic) bond motifs is 1. The predicted molar refractivity (Wildman–Crippen MR) is 72.4 cm³/mol. The summed E-state index contributed by atoms with van der Waals surface area (Å²) >= 11 is 0. The Morgan fingerprint density at radius 2 is 2.00 bits per heavy atom. The Bertz CT molecular complexity index is 728. The van der Waals surface area contributed by atoms with Crippen LogP contribution in [0.25, 0.3) is 11.0 Å². The summed E-state index contributed by atoms with van der Waals surface area (Å²) in [6, 6.07) is 10.6. The molecule has 4 nitrogen and oxygen atoms in total. The first-order valence-electron chi connectivity index (χ1n) is 6.08. The Balaban J connectivity index is 1.73. The maximum Gasteiger partial charge on any atom is 0.192 e. The number of hydrogen-bond donors (Lipinski definition) is 0. The van der Waals surface area contributed by atoms with Crippen molar-refractivity contribution in [1.29, 1.82) is 0 Å². The standard InChI is InChI=1S/C15H13NO3/c17-14-5-9-19-15-11-12(3-4-13(14)15)18-10-8-16-6-1-2-7-16/h1-7,9,11H,8,10H2. The molecule has 0 radical (unpaired) electrons. The van der Waals surface area contributed by atoms with E-state index in [0.717, 1.165) is 6.54 Å². The quantitative estimate of drug-likeness (QED) is 0.720. The zero-order valence-electron chi connectivity index (χ0n) is 10.3. The van der Waals surface area contributed by atoms with Gasteiger partial charge in [0.2, 0.25) is 0 Å².